The van der Waals surface area contributed by atoms with Crippen LogP contribution in [0.2, 0.25) is 0 Å². The third kappa shape index (κ3) is 2.59. The number of methoxy groups -OCH3 is 1. The van der Waals surface area contributed by atoms with E-state index in [2.05, 4.69) is 0 Å². The first-order valence-corrected chi connectivity index (χ1v) is 4.44. The smallest absolute Gasteiger partial charge is 0.121 e. The van der Waals surface area contributed by atoms with E-state index in [1.54, 1.807) is 0 Å². The summed E-state index contributed by atoms with van der Waals surface area (Å²) in [5.74, 6) is 0.294. The van der Waals surface area contributed by atoms with Gasteiger partial charge in [0.1, 0.15) is 23.7 Å². The van der Waals surface area contributed by atoms with Crippen molar-refractivity contribution in [2.45, 2.75) is 12.2 Å². The first kappa shape index (κ1) is 11.8. The second kappa shape index (κ2) is 4.97. The minimum Gasteiger partial charge on any atom is -0.508 e. The molecular formula is C10H14O5. The van der Waals surface area contributed by atoms with Crippen LogP contribution in [-0.4, -0.2) is 40.2 Å². The van der Waals surface area contributed by atoms with Crippen molar-refractivity contribution in [1.29, 1.82) is 0 Å². The van der Waals surface area contributed by atoms with Gasteiger partial charge in [-0.25, -0.2) is 0 Å². The highest BCUT2D eigenvalue weighted by atomic mass is 16.5. The minimum atomic E-state index is -1.34. The zero-order valence-corrected chi connectivity index (χ0v) is 8.29. The molecule has 0 aliphatic heterocycles. The lowest BCUT2D eigenvalue weighted by atomic mass is 10.0. The van der Waals surface area contributed by atoms with Crippen LogP contribution in [0.25, 0.3) is 0 Å². The number of phenols is 1. The zero-order valence-electron chi connectivity index (χ0n) is 8.29. The average Bonchev–Trinajstić information content (AvgIpc) is 2.27. The summed E-state index contributed by atoms with van der Waals surface area (Å²) in [6.45, 7) is -0.585. The Hall–Kier alpha value is -1.30. The number of aliphatic hydroxyl groups is 3. The maximum absolute atomic E-state index is 9.56. The lowest BCUT2D eigenvalue weighted by Gasteiger charge is -2.17. The van der Waals surface area contributed by atoms with Crippen molar-refractivity contribution < 1.29 is 25.2 Å². The molecular weight excluding hydrogens is 200 g/mol. The van der Waals surface area contributed by atoms with Crippen molar-refractivity contribution in [2.75, 3.05) is 13.7 Å². The van der Waals surface area contributed by atoms with Crippen LogP contribution in [0.15, 0.2) is 18.2 Å². The molecule has 0 radical (unpaired) electrons. The van der Waals surface area contributed by atoms with Crippen molar-refractivity contribution in [3.63, 3.8) is 0 Å². The summed E-state index contributed by atoms with van der Waals surface area (Å²) >= 11 is 0. The van der Waals surface area contributed by atoms with E-state index in [0.29, 0.717) is 5.75 Å². The lowest BCUT2D eigenvalue weighted by molar-refractivity contribution is -0.0162. The van der Waals surface area contributed by atoms with Crippen molar-refractivity contribution in [3.05, 3.63) is 23.8 Å². The average molecular weight is 214 g/mol. The highest BCUT2D eigenvalue weighted by Gasteiger charge is 2.21. The molecule has 0 aliphatic rings. The van der Waals surface area contributed by atoms with Gasteiger partial charge >= 0.3 is 0 Å². The Balaban J connectivity index is 3.01. The van der Waals surface area contributed by atoms with Crippen LogP contribution in [-0.2, 0) is 0 Å². The van der Waals surface area contributed by atoms with Crippen LogP contribution in [0.4, 0.5) is 0 Å². The van der Waals surface area contributed by atoms with E-state index in [-0.39, 0.29) is 11.3 Å². The molecule has 5 heteroatoms. The van der Waals surface area contributed by atoms with Crippen molar-refractivity contribution in [3.8, 4) is 11.5 Å². The fraction of sp³-hybridized carbons (Fsp3) is 0.400. The topological polar surface area (TPSA) is 90.2 Å². The van der Waals surface area contributed by atoms with Gasteiger partial charge in [0.15, 0.2) is 0 Å². The van der Waals surface area contributed by atoms with E-state index in [1.807, 2.05) is 0 Å². The summed E-state index contributed by atoms with van der Waals surface area (Å²) in [5, 5.41) is 36.9. The van der Waals surface area contributed by atoms with Gasteiger partial charge in [0.05, 0.1) is 13.7 Å². The number of benzene rings is 1. The number of hydrogen-bond acceptors (Lipinski definition) is 5. The van der Waals surface area contributed by atoms with E-state index < -0.39 is 18.8 Å². The highest BCUT2D eigenvalue weighted by molar-refractivity contribution is 5.41. The molecule has 2 unspecified atom stereocenters. The molecule has 4 N–H and O–H groups in total. The summed E-state index contributed by atoms with van der Waals surface area (Å²) in [5.41, 5.74) is 0.121. The van der Waals surface area contributed by atoms with Crippen LogP contribution in [0.1, 0.15) is 11.7 Å². The molecule has 2 atom stereocenters. The molecule has 0 fully saturated rings. The fourth-order valence-electron chi connectivity index (χ4n) is 1.20. The van der Waals surface area contributed by atoms with Gasteiger partial charge in [0.2, 0.25) is 0 Å². The van der Waals surface area contributed by atoms with E-state index in [9.17, 15) is 15.3 Å². The summed E-state index contributed by atoms with van der Waals surface area (Å²) in [6.07, 6.45) is -2.67. The third-order valence-corrected chi connectivity index (χ3v) is 2.10. The normalized spacial score (nSPS) is 14.7. The van der Waals surface area contributed by atoms with Crippen molar-refractivity contribution in [2.24, 2.45) is 0 Å². The molecule has 0 aliphatic carbocycles. The largest absolute Gasteiger partial charge is 0.508 e. The molecule has 84 valence electrons. The molecule has 0 aromatic heterocycles. The molecule has 1 aromatic carbocycles. The number of phenolic OH excluding ortho intramolecular Hbond substituents is 1. The first-order valence-electron chi connectivity index (χ1n) is 4.44. The van der Waals surface area contributed by atoms with Crippen LogP contribution in [0.5, 0.6) is 11.5 Å². The molecule has 1 aromatic rings. The molecule has 0 bridgehead atoms. The first-order chi connectivity index (χ1) is 7.10. The Morgan fingerprint density at radius 2 is 2.00 bits per heavy atom. The molecule has 0 spiro atoms. The predicted octanol–water partition coefficient (Wildman–Crippen LogP) is -0.213. The number of aliphatic hydroxyl groups excluding tert-OH is 3. The Labute approximate surface area is 87.2 Å². The quantitative estimate of drug-likeness (QED) is 0.556. The Morgan fingerprint density at radius 3 is 2.53 bits per heavy atom. The summed E-state index contributed by atoms with van der Waals surface area (Å²) in [4.78, 5) is 0. The van der Waals surface area contributed by atoms with E-state index in [4.69, 9.17) is 9.84 Å². The Kier molecular flexibility index (Phi) is 3.90. The molecule has 15 heavy (non-hydrogen) atoms. The van der Waals surface area contributed by atoms with Crippen molar-refractivity contribution >= 4 is 0 Å². The highest BCUT2D eigenvalue weighted by Crippen LogP contribution is 2.29. The predicted molar refractivity (Wildman–Crippen MR) is 52.7 cm³/mol. The van der Waals surface area contributed by atoms with Gasteiger partial charge in [0, 0.05) is 5.56 Å². The fourth-order valence-corrected chi connectivity index (χ4v) is 1.20. The second-order valence-corrected chi connectivity index (χ2v) is 3.12. The summed E-state index contributed by atoms with van der Waals surface area (Å²) in [6, 6.07) is 4.28. The summed E-state index contributed by atoms with van der Waals surface area (Å²) in [7, 11) is 1.45. The lowest BCUT2D eigenvalue weighted by Crippen LogP contribution is -2.22. The van der Waals surface area contributed by atoms with Crippen LogP contribution >= 0.6 is 0 Å². The van der Waals surface area contributed by atoms with Gasteiger partial charge in [-0.3, -0.25) is 0 Å². The second-order valence-electron chi connectivity index (χ2n) is 3.12. The van der Waals surface area contributed by atoms with E-state index in [0.717, 1.165) is 0 Å². The molecule has 5 nitrogen and oxygen atoms in total. The Bertz CT molecular complexity index is 326. The number of hydrogen-bond donors (Lipinski definition) is 4. The zero-order chi connectivity index (χ0) is 11.4. The molecule has 0 amide bonds. The number of rotatable bonds is 4. The molecule has 0 saturated heterocycles. The van der Waals surface area contributed by atoms with Gasteiger partial charge in [-0.05, 0) is 18.2 Å². The van der Waals surface area contributed by atoms with Gasteiger partial charge in [-0.1, -0.05) is 0 Å². The van der Waals surface area contributed by atoms with E-state index in [1.165, 1.54) is 25.3 Å². The SMILES string of the molecule is COc1ccc(O)c(C(O)C(O)CO)c1. The monoisotopic (exact) mass is 214 g/mol. The number of aromatic hydroxyl groups is 1. The van der Waals surface area contributed by atoms with Crippen LogP contribution < -0.4 is 4.74 Å². The van der Waals surface area contributed by atoms with Gasteiger partial charge in [0.25, 0.3) is 0 Å². The maximum atomic E-state index is 9.56. The summed E-state index contributed by atoms with van der Waals surface area (Å²) < 4.78 is 4.91. The number of ether oxygens (including phenoxy) is 1. The minimum absolute atomic E-state index is 0.121. The molecule has 0 heterocycles. The molecule has 1 rings (SSSR count). The van der Waals surface area contributed by atoms with Crippen molar-refractivity contribution in [1.82, 2.24) is 0 Å². The van der Waals surface area contributed by atoms with Crippen LogP contribution in [0.3, 0.4) is 0 Å². The van der Waals surface area contributed by atoms with Gasteiger partial charge in [-0.2, -0.15) is 0 Å². The molecule has 0 saturated carbocycles. The van der Waals surface area contributed by atoms with Gasteiger partial charge in [-0.15, -0.1) is 0 Å². The van der Waals surface area contributed by atoms with Gasteiger partial charge < -0.3 is 25.2 Å². The van der Waals surface area contributed by atoms with E-state index >= 15 is 0 Å². The standard InChI is InChI=1S/C10H14O5/c1-15-6-2-3-8(12)7(4-6)10(14)9(13)5-11/h2-4,9-14H,5H2,1H3. The third-order valence-electron chi connectivity index (χ3n) is 2.10. The van der Waals surface area contributed by atoms with Crippen LogP contribution in [0, 0.1) is 0 Å². The Morgan fingerprint density at radius 1 is 1.33 bits per heavy atom. The maximum Gasteiger partial charge on any atom is 0.121 e.